The number of aryl methyl sites for hydroxylation is 1. The van der Waals surface area contributed by atoms with E-state index in [1.54, 1.807) is 0 Å². The number of rotatable bonds is 4. The second kappa shape index (κ2) is 5.11. The fourth-order valence-electron chi connectivity index (χ4n) is 2.07. The number of hydrogen-bond donors (Lipinski definition) is 1. The minimum Gasteiger partial charge on any atom is -0.334 e. The van der Waals surface area contributed by atoms with Gasteiger partial charge in [0.2, 0.25) is 0 Å². The molecule has 2 aromatic rings. The third kappa shape index (κ3) is 2.67. The zero-order valence-corrected chi connectivity index (χ0v) is 11.3. The lowest BCUT2D eigenvalue weighted by molar-refractivity contribution is 0.168. The van der Waals surface area contributed by atoms with E-state index < -0.39 is 0 Å². The maximum absolute atomic E-state index is 5.32. The quantitative estimate of drug-likeness (QED) is 0.899. The predicted molar refractivity (Wildman–Crippen MR) is 72.6 cm³/mol. The van der Waals surface area contributed by atoms with Gasteiger partial charge in [0.15, 0.2) is 5.82 Å². The van der Waals surface area contributed by atoms with Crippen molar-refractivity contribution in [3.05, 3.63) is 35.7 Å². The van der Waals surface area contributed by atoms with Crippen LogP contribution in [0.1, 0.15) is 11.4 Å². The van der Waals surface area contributed by atoms with Gasteiger partial charge in [0.05, 0.1) is 6.54 Å². The summed E-state index contributed by atoms with van der Waals surface area (Å²) in [7, 11) is 2.09. The molecule has 0 bridgehead atoms. The summed E-state index contributed by atoms with van der Waals surface area (Å²) in [6, 6.07) is 8.69. The van der Waals surface area contributed by atoms with E-state index in [1.165, 1.54) is 5.56 Å². The van der Waals surface area contributed by atoms with Crippen LogP contribution in [0, 0.1) is 6.92 Å². The van der Waals surface area contributed by atoms with Crippen LogP contribution in [-0.4, -0.2) is 41.2 Å². The molecule has 5 nitrogen and oxygen atoms in total. The largest absolute Gasteiger partial charge is 0.334 e. The molecule has 0 aliphatic carbocycles. The van der Waals surface area contributed by atoms with E-state index in [0.717, 1.165) is 31.0 Å². The highest BCUT2D eigenvalue weighted by Crippen LogP contribution is 2.18. The molecule has 0 spiro atoms. The Morgan fingerprint density at radius 2 is 2.05 bits per heavy atom. The molecular formula is C14H18N4O. The summed E-state index contributed by atoms with van der Waals surface area (Å²) in [5.74, 6) is 1.33. The minimum absolute atomic E-state index is 0.585. The zero-order chi connectivity index (χ0) is 13.2. The van der Waals surface area contributed by atoms with Crippen molar-refractivity contribution in [2.45, 2.75) is 19.5 Å². The first-order valence-electron chi connectivity index (χ1n) is 6.53. The topological polar surface area (TPSA) is 54.2 Å². The van der Waals surface area contributed by atoms with Crippen LogP contribution in [0.25, 0.3) is 11.5 Å². The van der Waals surface area contributed by atoms with Crippen molar-refractivity contribution in [1.82, 2.24) is 20.4 Å². The maximum atomic E-state index is 5.32. The first-order valence-corrected chi connectivity index (χ1v) is 6.53. The SMILES string of the molecule is Cc1ccc(-c2nc(CN(C)C3CNC3)no2)cc1. The molecule has 100 valence electrons. The molecule has 1 saturated heterocycles. The lowest BCUT2D eigenvalue weighted by Crippen LogP contribution is -2.55. The van der Waals surface area contributed by atoms with E-state index in [0.29, 0.717) is 11.9 Å². The van der Waals surface area contributed by atoms with Crippen molar-refractivity contribution < 1.29 is 4.52 Å². The smallest absolute Gasteiger partial charge is 0.257 e. The molecule has 1 fully saturated rings. The van der Waals surface area contributed by atoms with Crippen molar-refractivity contribution in [2.24, 2.45) is 0 Å². The number of nitrogens with zero attached hydrogens (tertiary/aromatic N) is 3. The number of benzene rings is 1. The minimum atomic E-state index is 0.585. The average Bonchev–Trinajstić information content (AvgIpc) is 2.76. The Kier molecular flexibility index (Phi) is 3.31. The summed E-state index contributed by atoms with van der Waals surface area (Å²) in [4.78, 5) is 6.70. The van der Waals surface area contributed by atoms with Gasteiger partial charge in [-0.15, -0.1) is 0 Å². The van der Waals surface area contributed by atoms with E-state index in [2.05, 4.69) is 34.3 Å². The molecule has 0 amide bonds. The molecular weight excluding hydrogens is 240 g/mol. The van der Waals surface area contributed by atoms with Gasteiger partial charge in [-0.1, -0.05) is 22.9 Å². The summed E-state index contributed by atoms with van der Waals surface area (Å²) in [5, 5.41) is 7.31. The van der Waals surface area contributed by atoms with Crippen molar-refractivity contribution in [2.75, 3.05) is 20.1 Å². The Labute approximate surface area is 112 Å². The number of nitrogens with one attached hydrogen (secondary N) is 1. The van der Waals surface area contributed by atoms with Crippen LogP contribution in [0.2, 0.25) is 0 Å². The molecule has 19 heavy (non-hydrogen) atoms. The first kappa shape index (κ1) is 12.3. The van der Waals surface area contributed by atoms with E-state index in [9.17, 15) is 0 Å². The second-order valence-corrected chi connectivity index (χ2v) is 5.11. The van der Waals surface area contributed by atoms with Gasteiger partial charge in [-0.2, -0.15) is 4.98 Å². The summed E-state index contributed by atoms with van der Waals surface area (Å²) in [6.45, 7) is 4.87. The molecule has 1 aliphatic heterocycles. The third-order valence-corrected chi connectivity index (χ3v) is 3.54. The number of likely N-dealkylation sites (N-methyl/N-ethyl adjacent to an activating group) is 1. The summed E-state index contributed by atoms with van der Waals surface area (Å²) in [5.41, 5.74) is 2.19. The highest BCUT2D eigenvalue weighted by molar-refractivity contribution is 5.53. The molecule has 1 aromatic carbocycles. The summed E-state index contributed by atoms with van der Waals surface area (Å²) in [6.07, 6.45) is 0. The van der Waals surface area contributed by atoms with E-state index in [-0.39, 0.29) is 0 Å². The Bertz CT molecular complexity index is 545. The van der Waals surface area contributed by atoms with Crippen LogP contribution in [-0.2, 0) is 6.54 Å². The van der Waals surface area contributed by atoms with Crippen molar-refractivity contribution in [1.29, 1.82) is 0 Å². The normalized spacial score (nSPS) is 15.7. The van der Waals surface area contributed by atoms with Gasteiger partial charge in [0.1, 0.15) is 0 Å². The van der Waals surface area contributed by atoms with Crippen LogP contribution in [0.3, 0.4) is 0 Å². The Hall–Kier alpha value is -1.72. The first-order chi connectivity index (χ1) is 9.22. The van der Waals surface area contributed by atoms with E-state index in [4.69, 9.17) is 4.52 Å². The molecule has 3 rings (SSSR count). The fourth-order valence-corrected chi connectivity index (χ4v) is 2.07. The Balaban J connectivity index is 1.70. The van der Waals surface area contributed by atoms with Gasteiger partial charge >= 0.3 is 0 Å². The van der Waals surface area contributed by atoms with Gasteiger partial charge in [-0.3, -0.25) is 4.90 Å². The van der Waals surface area contributed by atoms with Gasteiger partial charge < -0.3 is 9.84 Å². The molecule has 1 N–H and O–H groups in total. The average molecular weight is 258 g/mol. The molecule has 0 saturated carbocycles. The molecule has 5 heteroatoms. The highest BCUT2D eigenvalue weighted by Gasteiger charge is 2.22. The molecule has 0 radical (unpaired) electrons. The zero-order valence-electron chi connectivity index (χ0n) is 11.3. The van der Waals surface area contributed by atoms with Gasteiger partial charge in [0.25, 0.3) is 5.89 Å². The second-order valence-electron chi connectivity index (χ2n) is 5.11. The summed E-state index contributed by atoms with van der Waals surface area (Å²) < 4.78 is 5.32. The standard InChI is InChI=1S/C14H18N4O/c1-10-3-5-11(6-4-10)14-16-13(17-19-14)9-18(2)12-7-15-8-12/h3-6,12,15H,7-9H2,1-2H3. The molecule has 0 unspecified atom stereocenters. The van der Waals surface area contributed by atoms with E-state index in [1.807, 2.05) is 24.3 Å². The summed E-state index contributed by atoms with van der Waals surface area (Å²) >= 11 is 0. The van der Waals surface area contributed by atoms with Gasteiger partial charge in [-0.05, 0) is 26.1 Å². The van der Waals surface area contributed by atoms with Crippen molar-refractivity contribution in [3.8, 4) is 11.5 Å². The maximum Gasteiger partial charge on any atom is 0.257 e. The Morgan fingerprint density at radius 1 is 1.32 bits per heavy atom. The molecule has 2 heterocycles. The third-order valence-electron chi connectivity index (χ3n) is 3.54. The molecule has 0 atom stereocenters. The molecule has 1 aliphatic rings. The van der Waals surface area contributed by atoms with E-state index >= 15 is 0 Å². The van der Waals surface area contributed by atoms with Gasteiger partial charge in [-0.25, -0.2) is 0 Å². The highest BCUT2D eigenvalue weighted by atomic mass is 16.5. The van der Waals surface area contributed by atoms with Crippen LogP contribution < -0.4 is 5.32 Å². The van der Waals surface area contributed by atoms with Crippen LogP contribution in [0.5, 0.6) is 0 Å². The number of hydrogen-bond acceptors (Lipinski definition) is 5. The van der Waals surface area contributed by atoms with Crippen molar-refractivity contribution >= 4 is 0 Å². The monoisotopic (exact) mass is 258 g/mol. The lowest BCUT2D eigenvalue weighted by atomic mass is 10.1. The Morgan fingerprint density at radius 3 is 2.68 bits per heavy atom. The van der Waals surface area contributed by atoms with Crippen LogP contribution in [0.4, 0.5) is 0 Å². The predicted octanol–water partition coefficient (Wildman–Crippen LogP) is 1.45. The van der Waals surface area contributed by atoms with Crippen molar-refractivity contribution in [3.63, 3.8) is 0 Å². The fraction of sp³-hybridized carbons (Fsp3) is 0.429. The van der Waals surface area contributed by atoms with Gasteiger partial charge in [0, 0.05) is 24.7 Å². The van der Waals surface area contributed by atoms with Crippen LogP contribution >= 0.6 is 0 Å². The molecule has 1 aromatic heterocycles. The van der Waals surface area contributed by atoms with Crippen LogP contribution in [0.15, 0.2) is 28.8 Å². The number of aromatic nitrogens is 2. The lowest BCUT2D eigenvalue weighted by Gasteiger charge is -2.34.